The fourth-order valence-corrected chi connectivity index (χ4v) is 3.04. The van der Waals surface area contributed by atoms with Crippen LogP contribution in [-0.4, -0.2) is 0 Å². The van der Waals surface area contributed by atoms with Gasteiger partial charge in [0.25, 0.3) is 5.79 Å². The average molecular weight is 302 g/mol. The van der Waals surface area contributed by atoms with Crippen LogP contribution in [-0.2, 0) is 5.79 Å². The molecule has 0 saturated carbocycles. The molecule has 0 radical (unpaired) electrons. The Morgan fingerprint density at radius 1 is 0.696 bits per heavy atom. The molecule has 3 aromatic rings. The summed E-state index contributed by atoms with van der Waals surface area (Å²) < 4.78 is 12.7. The van der Waals surface area contributed by atoms with E-state index < -0.39 is 5.79 Å². The van der Waals surface area contributed by atoms with Crippen LogP contribution >= 0.6 is 0 Å². The first kappa shape index (κ1) is 13.9. The fraction of sp³-hybridized carbons (Fsp3) is 0.143. The molecule has 1 aliphatic rings. The van der Waals surface area contributed by atoms with Crippen molar-refractivity contribution in [2.24, 2.45) is 0 Å². The third kappa shape index (κ3) is 2.36. The lowest BCUT2D eigenvalue weighted by molar-refractivity contribution is -0.102. The van der Waals surface area contributed by atoms with Crippen molar-refractivity contribution in [3.8, 4) is 22.6 Å². The van der Waals surface area contributed by atoms with Crippen molar-refractivity contribution >= 4 is 0 Å². The minimum atomic E-state index is -0.866. The molecule has 0 N–H and O–H groups in total. The lowest BCUT2D eigenvalue weighted by Gasteiger charge is -2.30. The molecule has 4 rings (SSSR count). The summed E-state index contributed by atoms with van der Waals surface area (Å²) in [5, 5.41) is 0. The van der Waals surface area contributed by atoms with Crippen LogP contribution in [0.3, 0.4) is 0 Å². The fourth-order valence-electron chi connectivity index (χ4n) is 3.04. The van der Waals surface area contributed by atoms with E-state index in [1.165, 1.54) is 5.56 Å². The van der Waals surface area contributed by atoms with Gasteiger partial charge in [-0.05, 0) is 25.1 Å². The van der Waals surface area contributed by atoms with Crippen molar-refractivity contribution in [1.82, 2.24) is 0 Å². The van der Waals surface area contributed by atoms with Gasteiger partial charge in [-0.1, -0.05) is 60.2 Å². The van der Waals surface area contributed by atoms with Crippen LogP contribution in [0.15, 0.2) is 72.8 Å². The van der Waals surface area contributed by atoms with Crippen LogP contribution in [0.5, 0.6) is 11.5 Å². The minimum absolute atomic E-state index is 0.835. The van der Waals surface area contributed by atoms with E-state index >= 15 is 0 Å². The summed E-state index contributed by atoms with van der Waals surface area (Å²) >= 11 is 0. The van der Waals surface area contributed by atoms with E-state index in [9.17, 15) is 0 Å². The number of hydrogen-bond donors (Lipinski definition) is 0. The van der Waals surface area contributed by atoms with Crippen molar-refractivity contribution in [3.05, 3.63) is 83.9 Å². The molecule has 114 valence electrons. The van der Waals surface area contributed by atoms with Crippen LogP contribution in [0, 0.1) is 6.92 Å². The van der Waals surface area contributed by atoms with Crippen molar-refractivity contribution < 1.29 is 9.47 Å². The molecule has 0 aliphatic carbocycles. The highest BCUT2D eigenvalue weighted by Crippen LogP contribution is 2.44. The van der Waals surface area contributed by atoms with Gasteiger partial charge in [0.1, 0.15) is 11.5 Å². The summed E-state index contributed by atoms with van der Waals surface area (Å²) in [6, 6.07) is 24.4. The summed E-state index contributed by atoms with van der Waals surface area (Å²) in [4.78, 5) is 0. The SMILES string of the molecule is Cc1cccc(C2(C)Oc3ccccc3-c3ccccc3O2)c1. The zero-order valence-corrected chi connectivity index (χ0v) is 13.2. The Balaban J connectivity index is 1.93. The molecular weight excluding hydrogens is 284 g/mol. The second-order valence-electron chi connectivity index (χ2n) is 6.01. The molecule has 1 aliphatic heterocycles. The molecule has 1 heterocycles. The number of para-hydroxylation sites is 2. The summed E-state index contributed by atoms with van der Waals surface area (Å²) in [5.74, 6) is 0.803. The van der Waals surface area contributed by atoms with E-state index in [1.54, 1.807) is 0 Å². The van der Waals surface area contributed by atoms with E-state index in [2.05, 4.69) is 31.2 Å². The molecule has 0 saturated heterocycles. The average Bonchev–Trinajstić information content (AvgIpc) is 2.69. The highest BCUT2D eigenvalue weighted by Gasteiger charge is 2.35. The maximum absolute atomic E-state index is 6.35. The molecule has 0 spiro atoms. The number of fused-ring (bicyclic) bond motifs is 3. The molecule has 0 unspecified atom stereocenters. The molecule has 0 bridgehead atoms. The van der Waals surface area contributed by atoms with E-state index in [4.69, 9.17) is 9.47 Å². The zero-order chi connectivity index (χ0) is 15.9. The third-order valence-corrected chi connectivity index (χ3v) is 4.22. The largest absolute Gasteiger partial charge is 0.448 e. The van der Waals surface area contributed by atoms with Gasteiger partial charge in [0, 0.05) is 23.6 Å². The minimum Gasteiger partial charge on any atom is -0.448 e. The number of aryl methyl sites for hydroxylation is 1. The lowest BCUT2D eigenvalue weighted by Crippen LogP contribution is -2.35. The van der Waals surface area contributed by atoms with Crippen LogP contribution in [0.25, 0.3) is 11.1 Å². The van der Waals surface area contributed by atoms with Gasteiger partial charge >= 0.3 is 0 Å². The Hall–Kier alpha value is -2.74. The first-order valence-corrected chi connectivity index (χ1v) is 7.79. The van der Waals surface area contributed by atoms with Gasteiger partial charge in [0.05, 0.1) is 0 Å². The van der Waals surface area contributed by atoms with Gasteiger partial charge in [0.2, 0.25) is 0 Å². The molecule has 0 fully saturated rings. The normalized spacial score (nSPS) is 14.7. The molecule has 0 atom stereocenters. The van der Waals surface area contributed by atoms with Crippen LogP contribution < -0.4 is 9.47 Å². The van der Waals surface area contributed by atoms with Gasteiger partial charge in [-0.3, -0.25) is 0 Å². The van der Waals surface area contributed by atoms with Crippen LogP contribution in [0.4, 0.5) is 0 Å². The molecule has 3 aromatic carbocycles. The van der Waals surface area contributed by atoms with Gasteiger partial charge in [-0.25, -0.2) is 0 Å². The second kappa shape index (κ2) is 5.17. The van der Waals surface area contributed by atoms with Crippen LogP contribution in [0.1, 0.15) is 18.1 Å². The molecule has 0 aromatic heterocycles. The number of rotatable bonds is 1. The standard InChI is InChI=1S/C21H18O2/c1-15-8-7-9-16(14-15)21(2)22-19-12-5-3-10-17(19)18-11-4-6-13-20(18)23-21/h3-14H,1-2H3. The molecule has 23 heavy (non-hydrogen) atoms. The van der Waals surface area contributed by atoms with Crippen molar-refractivity contribution in [2.75, 3.05) is 0 Å². The maximum atomic E-state index is 6.35. The van der Waals surface area contributed by atoms with Crippen molar-refractivity contribution in [3.63, 3.8) is 0 Å². The van der Waals surface area contributed by atoms with Gasteiger partial charge in [-0.2, -0.15) is 0 Å². The first-order valence-electron chi connectivity index (χ1n) is 7.79. The van der Waals surface area contributed by atoms with E-state index in [0.29, 0.717) is 0 Å². The number of ether oxygens (including phenoxy) is 2. The van der Waals surface area contributed by atoms with E-state index in [1.807, 2.05) is 55.5 Å². The molecular formula is C21H18O2. The van der Waals surface area contributed by atoms with E-state index in [-0.39, 0.29) is 0 Å². The molecule has 2 nitrogen and oxygen atoms in total. The Labute approximate surface area is 136 Å². The zero-order valence-electron chi connectivity index (χ0n) is 13.2. The number of hydrogen-bond acceptors (Lipinski definition) is 2. The van der Waals surface area contributed by atoms with E-state index in [0.717, 1.165) is 28.2 Å². The topological polar surface area (TPSA) is 18.5 Å². The Morgan fingerprint density at radius 3 is 1.83 bits per heavy atom. The first-order chi connectivity index (χ1) is 11.2. The maximum Gasteiger partial charge on any atom is 0.275 e. The summed E-state index contributed by atoms with van der Waals surface area (Å²) in [5.41, 5.74) is 4.30. The Bertz CT molecular complexity index is 819. The lowest BCUT2D eigenvalue weighted by atomic mass is 10.0. The monoisotopic (exact) mass is 302 g/mol. The highest BCUT2D eigenvalue weighted by molar-refractivity contribution is 5.76. The quantitative estimate of drug-likeness (QED) is 0.607. The van der Waals surface area contributed by atoms with Crippen LogP contribution in [0.2, 0.25) is 0 Å². The predicted molar refractivity (Wildman–Crippen MR) is 91.7 cm³/mol. The summed E-state index contributed by atoms with van der Waals surface area (Å²) in [7, 11) is 0. The third-order valence-electron chi connectivity index (χ3n) is 4.22. The van der Waals surface area contributed by atoms with Crippen molar-refractivity contribution in [2.45, 2.75) is 19.6 Å². The van der Waals surface area contributed by atoms with Gasteiger partial charge < -0.3 is 9.47 Å². The Morgan fingerprint density at radius 2 is 1.26 bits per heavy atom. The van der Waals surface area contributed by atoms with Crippen molar-refractivity contribution in [1.29, 1.82) is 0 Å². The molecule has 0 amide bonds. The molecule has 2 heteroatoms. The number of benzene rings is 3. The Kier molecular flexibility index (Phi) is 3.12. The summed E-state index contributed by atoms with van der Waals surface area (Å²) in [6.07, 6.45) is 0. The summed E-state index contributed by atoms with van der Waals surface area (Å²) in [6.45, 7) is 4.05. The second-order valence-corrected chi connectivity index (χ2v) is 6.01. The predicted octanol–water partition coefficient (Wildman–Crippen LogP) is 5.31. The van der Waals surface area contributed by atoms with Gasteiger partial charge in [-0.15, -0.1) is 0 Å². The van der Waals surface area contributed by atoms with Gasteiger partial charge in [0.15, 0.2) is 0 Å². The highest BCUT2D eigenvalue weighted by atomic mass is 16.7. The smallest absolute Gasteiger partial charge is 0.275 e.